The molecule has 1 aromatic heterocycles. The molecular weight excluding hydrogens is 417 g/mol. The van der Waals surface area contributed by atoms with Gasteiger partial charge in [-0.25, -0.2) is 0 Å². The third-order valence-electron chi connectivity index (χ3n) is 4.80. The molecule has 2 amide bonds. The molecule has 0 spiro atoms. The first-order chi connectivity index (χ1) is 15.3. The van der Waals surface area contributed by atoms with Gasteiger partial charge in [0, 0.05) is 11.8 Å². The maximum Gasteiger partial charge on any atom is 0.416 e. The van der Waals surface area contributed by atoms with Crippen molar-refractivity contribution in [2.45, 2.75) is 12.7 Å². The van der Waals surface area contributed by atoms with Crippen LogP contribution in [0.15, 0.2) is 84.6 Å². The van der Waals surface area contributed by atoms with E-state index in [1.807, 2.05) is 0 Å². The number of alkyl halides is 3. The lowest BCUT2D eigenvalue weighted by molar-refractivity contribution is -0.138. The maximum absolute atomic E-state index is 13.2. The highest BCUT2D eigenvalue weighted by Gasteiger charge is 2.39. The molecular formula is C25H15F3N2O2. The number of pyridine rings is 1. The molecule has 0 bridgehead atoms. The van der Waals surface area contributed by atoms with Crippen molar-refractivity contribution in [1.82, 2.24) is 9.88 Å². The third kappa shape index (κ3) is 4.30. The third-order valence-corrected chi connectivity index (χ3v) is 4.80. The van der Waals surface area contributed by atoms with E-state index in [-0.39, 0.29) is 23.3 Å². The summed E-state index contributed by atoms with van der Waals surface area (Å²) in [5.74, 6) is 4.16. The van der Waals surface area contributed by atoms with Crippen molar-refractivity contribution in [1.29, 1.82) is 0 Å². The molecule has 0 saturated carbocycles. The molecule has 32 heavy (non-hydrogen) atoms. The van der Waals surface area contributed by atoms with Crippen LogP contribution in [0.25, 0.3) is 5.57 Å². The van der Waals surface area contributed by atoms with Gasteiger partial charge in [0.15, 0.2) is 0 Å². The van der Waals surface area contributed by atoms with Crippen molar-refractivity contribution >= 4 is 17.4 Å². The number of nitrogens with zero attached hydrogens (tertiary/aromatic N) is 2. The van der Waals surface area contributed by atoms with E-state index in [0.29, 0.717) is 11.3 Å². The molecule has 1 aliphatic heterocycles. The summed E-state index contributed by atoms with van der Waals surface area (Å²) in [7, 11) is 0. The fraction of sp³-hybridized carbons (Fsp3) is 0.0800. The fourth-order valence-corrected chi connectivity index (χ4v) is 3.26. The average Bonchev–Trinajstić information content (AvgIpc) is 3.03. The van der Waals surface area contributed by atoms with Gasteiger partial charge in [-0.3, -0.25) is 19.5 Å². The normalized spacial score (nSPS) is 13.9. The first-order valence-electron chi connectivity index (χ1n) is 9.59. The van der Waals surface area contributed by atoms with E-state index in [1.54, 1.807) is 48.5 Å². The maximum atomic E-state index is 13.2. The SMILES string of the molecule is O=C1C(C#Cc2ccccc2)=C(c2cccc(C(F)(F)F)c2)C(=O)N1Cc1ccccn1. The predicted octanol–water partition coefficient (Wildman–Crippen LogP) is 4.47. The van der Waals surface area contributed by atoms with Gasteiger partial charge in [0.25, 0.3) is 11.8 Å². The molecule has 0 aliphatic carbocycles. The minimum absolute atomic E-state index is 0.0148. The molecule has 2 heterocycles. The standard InChI is InChI=1S/C25H15F3N2O2/c26-25(27,28)19-10-6-9-18(15-19)22-21(13-12-17-7-2-1-3-8-17)23(31)30(24(22)32)16-20-11-4-5-14-29-20/h1-11,14-15H,16H2. The second-order valence-electron chi connectivity index (χ2n) is 6.96. The van der Waals surface area contributed by atoms with Crippen LogP contribution in [0.4, 0.5) is 13.2 Å². The Hall–Kier alpha value is -4.18. The Kier molecular flexibility index (Phi) is 5.61. The van der Waals surface area contributed by atoms with Crippen LogP contribution in [0.2, 0.25) is 0 Å². The van der Waals surface area contributed by atoms with Gasteiger partial charge in [-0.2, -0.15) is 13.2 Å². The topological polar surface area (TPSA) is 50.3 Å². The van der Waals surface area contributed by atoms with Crippen LogP contribution in [-0.4, -0.2) is 21.7 Å². The number of benzene rings is 2. The van der Waals surface area contributed by atoms with E-state index in [1.165, 1.54) is 18.3 Å². The number of halogens is 3. The zero-order chi connectivity index (χ0) is 22.7. The highest BCUT2D eigenvalue weighted by molar-refractivity contribution is 6.37. The van der Waals surface area contributed by atoms with Crippen molar-refractivity contribution in [2.24, 2.45) is 0 Å². The minimum atomic E-state index is -4.59. The van der Waals surface area contributed by atoms with Crippen molar-refractivity contribution in [3.63, 3.8) is 0 Å². The quantitative estimate of drug-likeness (QED) is 0.453. The summed E-state index contributed by atoms with van der Waals surface area (Å²) in [6.07, 6.45) is -3.07. The van der Waals surface area contributed by atoms with Gasteiger partial charge in [0.2, 0.25) is 0 Å². The molecule has 1 aliphatic rings. The van der Waals surface area contributed by atoms with Gasteiger partial charge in [-0.1, -0.05) is 48.2 Å². The van der Waals surface area contributed by atoms with E-state index in [4.69, 9.17) is 0 Å². The summed E-state index contributed by atoms with van der Waals surface area (Å²) in [6.45, 7) is -0.114. The Bertz CT molecular complexity index is 1270. The molecule has 3 aromatic rings. The van der Waals surface area contributed by atoms with Crippen molar-refractivity contribution in [2.75, 3.05) is 0 Å². The van der Waals surface area contributed by atoms with Crippen LogP contribution in [0.3, 0.4) is 0 Å². The second kappa shape index (κ2) is 8.52. The van der Waals surface area contributed by atoms with Gasteiger partial charge in [0.1, 0.15) is 5.57 Å². The zero-order valence-corrected chi connectivity index (χ0v) is 16.6. The number of aromatic nitrogens is 1. The average molecular weight is 432 g/mol. The number of rotatable bonds is 3. The van der Waals surface area contributed by atoms with Gasteiger partial charge < -0.3 is 0 Å². The van der Waals surface area contributed by atoms with Gasteiger partial charge in [0.05, 0.1) is 23.4 Å². The molecule has 0 radical (unpaired) electrons. The smallest absolute Gasteiger partial charge is 0.269 e. The number of carbonyl (C=O) groups excluding carboxylic acids is 2. The molecule has 2 aromatic carbocycles. The number of carbonyl (C=O) groups is 2. The van der Waals surface area contributed by atoms with Gasteiger partial charge in [-0.15, -0.1) is 0 Å². The first kappa shape index (κ1) is 21.1. The van der Waals surface area contributed by atoms with E-state index in [9.17, 15) is 22.8 Å². The Morgan fingerprint density at radius 1 is 0.844 bits per heavy atom. The van der Waals surface area contributed by atoms with E-state index >= 15 is 0 Å². The molecule has 4 nitrogen and oxygen atoms in total. The van der Waals surface area contributed by atoms with Crippen LogP contribution in [0, 0.1) is 11.8 Å². The van der Waals surface area contributed by atoms with Gasteiger partial charge >= 0.3 is 6.18 Å². The molecule has 0 unspecified atom stereocenters. The van der Waals surface area contributed by atoms with Crippen molar-refractivity contribution in [3.05, 3.63) is 107 Å². The molecule has 0 N–H and O–H groups in total. The molecule has 0 fully saturated rings. The number of amides is 2. The molecule has 158 valence electrons. The number of hydrogen-bond acceptors (Lipinski definition) is 3. The van der Waals surface area contributed by atoms with E-state index in [0.717, 1.165) is 17.0 Å². The van der Waals surface area contributed by atoms with Crippen LogP contribution in [-0.2, 0) is 22.3 Å². The Morgan fingerprint density at radius 2 is 1.59 bits per heavy atom. The Balaban J connectivity index is 1.81. The number of hydrogen-bond donors (Lipinski definition) is 0. The van der Waals surface area contributed by atoms with E-state index < -0.39 is 23.6 Å². The van der Waals surface area contributed by atoms with Crippen molar-refractivity contribution in [3.8, 4) is 11.8 Å². The molecule has 7 heteroatoms. The molecule has 0 atom stereocenters. The zero-order valence-electron chi connectivity index (χ0n) is 16.6. The minimum Gasteiger partial charge on any atom is -0.269 e. The summed E-state index contributed by atoms with van der Waals surface area (Å²) in [5, 5.41) is 0. The molecule has 0 saturated heterocycles. The fourth-order valence-electron chi connectivity index (χ4n) is 3.26. The highest BCUT2D eigenvalue weighted by Crippen LogP contribution is 2.34. The summed E-state index contributed by atoms with van der Waals surface area (Å²) >= 11 is 0. The van der Waals surface area contributed by atoms with Crippen LogP contribution >= 0.6 is 0 Å². The lowest BCUT2D eigenvalue weighted by Gasteiger charge is -2.14. The summed E-state index contributed by atoms with van der Waals surface area (Å²) in [6, 6.07) is 18.2. The van der Waals surface area contributed by atoms with Crippen LogP contribution < -0.4 is 0 Å². The summed E-state index contributed by atoms with van der Waals surface area (Å²) < 4.78 is 39.7. The highest BCUT2D eigenvalue weighted by atomic mass is 19.4. The first-order valence-corrected chi connectivity index (χ1v) is 9.59. The van der Waals surface area contributed by atoms with E-state index in [2.05, 4.69) is 16.8 Å². The summed E-state index contributed by atoms with van der Waals surface area (Å²) in [4.78, 5) is 31.4. The van der Waals surface area contributed by atoms with Crippen molar-refractivity contribution < 1.29 is 22.8 Å². The lowest BCUT2D eigenvalue weighted by Crippen LogP contribution is -2.31. The van der Waals surface area contributed by atoms with Gasteiger partial charge in [-0.05, 0) is 42.0 Å². The van der Waals surface area contributed by atoms with Crippen LogP contribution in [0.1, 0.15) is 22.4 Å². The number of imide groups is 1. The van der Waals surface area contributed by atoms with Crippen LogP contribution in [0.5, 0.6) is 0 Å². The Morgan fingerprint density at radius 3 is 2.28 bits per heavy atom. The molecule has 4 rings (SSSR count). The second-order valence-corrected chi connectivity index (χ2v) is 6.96. The Labute approximate surface area is 182 Å². The predicted molar refractivity (Wildman–Crippen MR) is 111 cm³/mol. The summed E-state index contributed by atoms with van der Waals surface area (Å²) in [5.41, 5.74) is -0.156. The lowest BCUT2D eigenvalue weighted by atomic mass is 9.99. The largest absolute Gasteiger partial charge is 0.416 e. The monoisotopic (exact) mass is 432 g/mol.